The number of rotatable bonds is 7. The summed E-state index contributed by atoms with van der Waals surface area (Å²) in [7, 11) is 0. The monoisotopic (exact) mass is 968 g/mol. The molecule has 0 atom stereocenters. The maximum atomic E-state index is 4.92. The lowest BCUT2D eigenvalue weighted by Gasteiger charge is -2.16. The van der Waals surface area contributed by atoms with Crippen molar-refractivity contribution in [3.63, 3.8) is 0 Å². The van der Waals surface area contributed by atoms with E-state index >= 15 is 0 Å². The highest BCUT2D eigenvalue weighted by atomic mass is 15.0. The van der Waals surface area contributed by atoms with Crippen molar-refractivity contribution in [1.29, 1.82) is 0 Å². The van der Waals surface area contributed by atoms with E-state index in [1.807, 2.05) is 24.8 Å². The summed E-state index contributed by atoms with van der Waals surface area (Å²) in [4.78, 5) is 9.83. The topological polar surface area (TPSA) is 45.5 Å². The molecular weight excluding hydrogens is 925 g/mol. The number of pyridine rings is 2. The number of hydrogen-bond donors (Lipinski definition) is 0. The van der Waals surface area contributed by atoms with Gasteiger partial charge in [0.25, 0.3) is 0 Å². The van der Waals surface area contributed by atoms with Gasteiger partial charge in [-0.05, 0) is 97.1 Å². The Morgan fingerprint density at radius 3 is 0.855 bits per heavy atom. The summed E-state index contributed by atoms with van der Waals surface area (Å²) in [5, 5.41) is 9.82. The molecule has 0 bridgehead atoms. The van der Waals surface area contributed by atoms with Crippen LogP contribution in [0.15, 0.2) is 267 Å². The molecule has 0 radical (unpaired) electrons. The molecule has 6 heterocycles. The SMILES string of the molecule is c1ccc(-n2c3ccccc3c3cc(-n4c5ccccc5c5ccccc54)ccc32)c(-c2cncc(-c3cncc(-c4ccccc4-n4c5ccccc5c5cc(-n6c7ccccc7c7ccccc76)ccc54)c3)c2)c1. The van der Waals surface area contributed by atoms with Crippen LogP contribution in [0.25, 0.3) is 143 Å². The molecule has 16 rings (SSSR count). The minimum absolute atomic E-state index is 0.992. The van der Waals surface area contributed by atoms with Crippen molar-refractivity contribution in [3.05, 3.63) is 267 Å². The fourth-order valence-corrected chi connectivity index (χ4v) is 12.4. The molecule has 0 unspecified atom stereocenters. The fraction of sp³-hybridized carbons (Fsp3) is 0. The summed E-state index contributed by atoms with van der Waals surface area (Å²) in [5.74, 6) is 0. The van der Waals surface area contributed by atoms with Crippen LogP contribution in [0.3, 0.4) is 0 Å². The van der Waals surface area contributed by atoms with Crippen molar-refractivity contribution >= 4 is 87.2 Å². The molecule has 6 nitrogen and oxygen atoms in total. The first-order valence-corrected chi connectivity index (χ1v) is 25.9. The molecule has 16 aromatic rings. The van der Waals surface area contributed by atoms with Gasteiger partial charge in [0.1, 0.15) is 0 Å². The van der Waals surface area contributed by atoms with Crippen molar-refractivity contribution in [3.8, 4) is 56.1 Å². The van der Waals surface area contributed by atoms with Gasteiger partial charge >= 0.3 is 0 Å². The molecule has 0 aliphatic carbocycles. The molecule has 0 N–H and O–H groups in total. The lowest BCUT2D eigenvalue weighted by atomic mass is 9.98. The standard InChI is InChI=1S/C70H44N6/c1-9-25-61(75-67-31-15-7-23-57(67)59-39-49(33-35-69(59)75)73-63-27-11-3-19-53(63)54-20-4-12-28-64(54)73)51(17-1)47-37-45(41-71-43-47)46-38-48(44-72-42-46)52-18-2-10-26-62(52)76-68-32-16-8-24-58(68)60-40-50(34-36-70(60)76)74-65-29-13-5-21-55(65)56-22-6-14-30-66(56)74/h1-44H. The van der Waals surface area contributed by atoms with Crippen LogP contribution in [-0.4, -0.2) is 28.2 Å². The van der Waals surface area contributed by atoms with Crippen LogP contribution in [0.2, 0.25) is 0 Å². The third kappa shape index (κ3) is 6.28. The molecule has 0 aliphatic rings. The van der Waals surface area contributed by atoms with Crippen LogP contribution in [0, 0.1) is 0 Å². The summed E-state index contributed by atoms with van der Waals surface area (Å²) in [6, 6.07) is 88.1. The van der Waals surface area contributed by atoms with Crippen molar-refractivity contribution in [2.24, 2.45) is 0 Å². The third-order valence-corrected chi connectivity index (χ3v) is 15.7. The van der Waals surface area contributed by atoms with E-state index in [-0.39, 0.29) is 0 Å². The minimum atomic E-state index is 0.992. The molecule has 10 aromatic carbocycles. The Morgan fingerprint density at radius 2 is 0.487 bits per heavy atom. The fourth-order valence-electron chi connectivity index (χ4n) is 12.4. The lowest BCUT2D eigenvalue weighted by Crippen LogP contribution is -1.99. The Morgan fingerprint density at radius 1 is 0.211 bits per heavy atom. The van der Waals surface area contributed by atoms with Crippen LogP contribution < -0.4 is 0 Å². The van der Waals surface area contributed by atoms with Gasteiger partial charge in [0.15, 0.2) is 0 Å². The number of para-hydroxylation sites is 8. The lowest BCUT2D eigenvalue weighted by molar-refractivity contribution is 1.16. The summed E-state index contributed by atoms with van der Waals surface area (Å²) in [6.07, 6.45) is 7.88. The first kappa shape index (κ1) is 42.2. The van der Waals surface area contributed by atoms with Crippen LogP contribution in [0.1, 0.15) is 0 Å². The van der Waals surface area contributed by atoms with Gasteiger partial charge in [-0.3, -0.25) is 9.97 Å². The van der Waals surface area contributed by atoms with Crippen LogP contribution >= 0.6 is 0 Å². The van der Waals surface area contributed by atoms with Gasteiger partial charge in [-0.1, -0.05) is 146 Å². The van der Waals surface area contributed by atoms with Gasteiger partial charge in [-0.15, -0.1) is 0 Å². The van der Waals surface area contributed by atoms with Gasteiger partial charge in [-0.2, -0.15) is 0 Å². The van der Waals surface area contributed by atoms with E-state index in [1.54, 1.807) is 0 Å². The van der Waals surface area contributed by atoms with Crippen molar-refractivity contribution in [1.82, 2.24) is 28.2 Å². The molecule has 76 heavy (non-hydrogen) atoms. The van der Waals surface area contributed by atoms with Crippen LogP contribution in [0.4, 0.5) is 0 Å². The molecule has 354 valence electrons. The molecule has 0 saturated heterocycles. The highest BCUT2D eigenvalue weighted by molar-refractivity contribution is 6.14. The summed E-state index contributed by atoms with van der Waals surface area (Å²) < 4.78 is 9.64. The third-order valence-electron chi connectivity index (χ3n) is 15.7. The van der Waals surface area contributed by atoms with Gasteiger partial charge < -0.3 is 18.3 Å². The number of fused-ring (bicyclic) bond motifs is 12. The molecule has 0 saturated carbocycles. The first-order chi connectivity index (χ1) is 37.7. The number of hydrogen-bond acceptors (Lipinski definition) is 2. The summed E-state index contributed by atoms with van der Waals surface area (Å²) >= 11 is 0. The Labute approximate surface area is 436 Å². The second kappa shape index (κ2) is 16.6. The molecule has 6 aromatic heterocycles. The predicted octanol–water partition coefficient (Wildman–Crippen LogP) is 17.9. The summed E-state index contributed by atoms with van der Waals surface area (Å²) in [5.41, 5.74) is 20.0. The van der Waals surface area contributed by atoms with Gasteiger partial charge in [0, 0.05) is 113 Å². The van der Waals surface area contributed by atoms with Crippen LogP contribution in [-0.2, 0) is 0 Å². The van der Waals surface area contributed by atoms with E-state index in [9.17, 15) is 0 Å². The smallest absolute Gasteiger partial charge is 0.0542 e. The Balaban J connectivity index is 0.794. The minimum Gasteiger partial charge on any atom is -0.309 e. The molecule has 0 spiro atoms. The zero-order valence-electron chi connectivity index (χ0n) is 41.1. The average molecular weight is 969 g/mol. The zero-order chi connectivity index (χ0) is 49.8. The zero-order valence-corrected chi connectivity index (χ0v) is 41.1. The molecule has 0 aliphatic heterocycles. The second-order valence-electron chi connectivity index (χ2n) is 19.8. The first-order valence-electron chi connectivity index (χ1n) is 25.9. The summed E-state index contributed by atoms with van der Waals surface area (Å²) in [6.45, 7) is 0. The van der Waals surface area contributed by atoms with Crippen molar-refractivity contribution in [2.75, 3.05) is 0 Å². The largest absolute Gasteiger partial charge is 0.309 e. The highest BCUT2D eigenvalue weighted by Crippen LogP contribution is 2.42. The molecular formula is C70H44N6. The van der Waals surface area contributed by atoms with E-state index in [1.165, 1.54) is 65.2 Å². The molecule has 0 fully saturated rings. The molecule has 6 heteroatoms. The Bertz CT molecular complexity index is 4600. The van der Waals surface area contributed by atoms with Crippen molar-refractivity contribution < 1.29 is 0 Å². The second-order valence-corrected chi connectivity index (χ2v) is 19.8. The van der Waals surface area contributed by atoms with Gasteiger partial charge in [0.2, 0.25) is 0 Å². The average Bonchev–Trinajstić information content (AvgIpc) is 4.26. The van der Waals surface area contributed by atoms with E-state index < -0.39 is 0 Å². The molecule has 0 amide bonds. The Hall–Kier alpha value is -10.3. The number of benzene rings is 10. The van der Waals surface area contributed by atoms with E-state index in [4.69, 9.17) is 9.97 Å². The van der Waals surface area contributed by atoms with Gasteiger partial charge in [0.05, 0.1) is 55.5 Å². The van der Waals surface area contributed by atoms with E-state index in [0.29, 0.717) is 0 Å². The van der Waals surface area contributed by atoms with Crippen molar-refractivity contribution in [2.45, 2.75) is 0 Å². The van der Waals surface area contributed by atoms with E-state index in [2.05, 4.69) is 261 Å². The normalized spacial score (nSPS) is 11.9. The Kier molecular flexibility index (Phi) is 9.23. The highest BCUT2D eigenvalue weighted by Gasteiger charge is 2.21. The van der Waals surface area contributed by atoms with Crippen LogP contribution in [0.5, 0.6) is 0 Å². The number of nitrogens with zero attached hydrogens (tertiary/aromatic N) is 6. The quantitative estimate of drug-likeness (QED) is 0.160. The van der Waals surface area contributed by atoms with Gasteiger partial charge in [-0.25, -0.2) is 0 Å². The number of aromatic nitrogens is 6. The maximum absolute atomic E-state index is 4.92. The predicted molar refractivity (Wildman–Crippen MR) is 316 cm³/mol. The van der Waals surface area contributed by atoms with E-state index in [0.717, 1.165) is 78.2 Å². The maximum Gasteiger partial charge on any atom is 0.0542 e.